The number of quaternary nitrogens is 1. The number of hydrazone groups is 1. The summed E-state index contributed by atoms with van der Waals surface area (Å²) in [6, 6.07) is 24.2. The Kier molecular flexibility index (Phi) is 9.71. The Bertz CT molecular complexity index is 1260. The number of aromatic hydroxyl groups is 1. The molecule has 0 heterocycles. The summed E-state index contributed by atoms with van der Waals surface area (Å²) in [5.41, 5.74) is 13.7. The zero-order chi connectivity index (χ0) is 28.4. The SMILES string of the molecule is C[N@+](Cc1ccc(O)cc1)(C(=O)C(c1ccccc1)c1ccccc1)C(CCCNC(N)=N[N+](=O)[O-])C(N)=O. The number of nitrogens with one attached hydrogen (secondary N) is 1. The lowest BCUT2D eigenvalue weighted by Crippen LogP contribution is -2.62. The van der Waals surface area contributed by atoms with Gasteiger partial charge in [0.2, 0.25) is 0 Å². The molecule has 204 valence electrons. The predicted octanol–water partition coefficient (Wildman–Crippen LogP) is 2.43. The van der Waals surface area contributed by atoms with Gasteiger partial charge in [0.15, 0.2) is 11.1 Å². The van der Waals surface area contributed by atoms with Crippen LogP contribution in [0.2, 0.25) is 0 Å². The van der Waals surface area contributed by atoms with E-state index < -0.39 is 22.9 Å². The fraction of sp³-hybridized carbons (Fsp3) is 0.250. The van der Waals surface area contributed by atoms with E-state index >= 15 is 0 Å². The minimum absolute atomic E-state index is 0.0808. The highest BCUT2D eigenvalue weighted by atomic mass is 16.7. The second kappa shape index (κ2) is 13.2. The van der Waals surface area contributed by atoms with Gasteiger partial charge in [0.1, 0.15) is 23.3 Å². The highest BCUT2D eigenvalue weighted by Gasteiger charge is 2.47. The summed E-state index contributed by atoms with van der Waals surface area (Å²) in [4.78, 5) is 38.1. The number of hydrogen-bond acceptors (Lipinski definition) is 5. The molecule has 0 aliphatic heterocycles. The normalized spacial score (nSPS) is 13.8. The number of phenols is 1. The lowest BCUT2D eigenvalue weighted by atomic mass is 9.87. The highest BCUT2D eigenvalue weighted by molar-refractivity contribution is 5.86. The fourth-order valence-electron chi connectivity index (χ4n) is 4.73. The Morgan fingerprint density at radius 1 is 0.974 bits per heavy atom. The summed E-state index contributed by atoms with van der Waals surface area (Å²) in [6.45, 7) is 0.322. The third-order valence-electron chi connectivity index (χ3n) is 6.63. The molecule has 39 heavy (non-hydrogen) atoms. The van der Waals surface area contributed by atoms with Crippen molar-refractivity contribution < 1.29 is 24.2 Å². The lowest BCUT2D eigenvalue weighted by molar-refractivity contribution is -0.865. The third kappa shape index (κ3) is 7.62. The van der Waals surface area contributed by atoms with Crippen molar-refractivity contribution in [3.8, 4) is 5.75 Å². The number of nitrogens with two attached hydrogens (primary N) is 2. The smallest absolute Gasteiger partial charge is 0.326 e. The van der Waals surface area contributed by atoms with Gasteiger partial charge >= 0.3 is 5.91 Å². The summed E-state index contributed by atoms with van der Waals surface area (Å²) in [7, 11) is 1.69. The van der Waals surface area contributed by atoms with E-state index in [0.717, 1.165) is 16.7 Å². The van der Waals surface area contributed by atoms with Crippen LogP contribution in [0.1, 0.15) is 35.4 Å². The van der Waals surface area contributed by atoms with Gasteiger partial charge in [-0.05, 0) is 41.8 Å². The molecule has 0 bridgehead atoms. The average molecular weight is 534 g/mol. The molecule has 0 fully saturated rings. The van der Waals surface area contributed by atoms with Crippen molar-refractivity contribution in [2.45, 2.75) is 31.3 Å². The molecular weight excluding hydrogens is 500 g/mol. The molecule has 0 aliphatic carbocycles. The van der Waals surface area contributed by atoms with E-state index in [2.05, 4.69) is 10.4 Å². The second-order valence-corrected chi connectivity index (χ2v) is 9.40. The molecule has 11 heteroatoms. The molecule has 0 aromatic heterocycles. The van der Waals surface area contributed by atoms with Gasteiger partial charge < -0.3 is 21.9 Å². The maximum atomic E-state index is 14.6. The number of likely N-dealkylation sites (N-methyl/N-ethyl adjacent to an activating group) is 1. The highest BCUT2D eigenvalue weighted by Crippen LogP contribution is 2.33. The molecule has 1 unspecified atom stereocenters. The number of nitrogens with zero attached hydrogens (tertiary/aromatic N) is 3. The van der Waals surface area contributed by atoms with E-state index in [9.17, 15) is 24.8 Å². The van der Waals surface area contributed by atoms with E-state index in [1.54, 1.807) is 19.2 Å². The quantitative estimate of drug-likeness (QED) is 0.0690. The summed E-state index contributed by atoms with van der Waals surface area (Å²) in [6.07, 6.45) is 0.532. The van der Waals surface area contributed by atoms with E-state index in [4.69, 9.17) is 11.5 Å². The average Bonchev–Trinajstić information content (AvgIpc) is 2.90. The summed E-state index contributed by atoms with van der Waals surface area (Å²) in [5.74, 6) is -1.85. The standard InChI is InChI=1S/C28H32N6O5/c1-34(19-20-14-16-23(35)17-15-20,24(26(29)36)13-8-18-31-28(30)32-33(38)39)27(37)25(21-9-4-2-5-10-21)22-11-6-3-7-12-22/h2-7,9-12,14-17,24-25H,8,13,18-19H2,1H3,(H5-,29,30,31,32,35,36)/p+1/t24?,34-/m1/s1. The number of guanidine groups is 1. The maximum Gasteiger partial charge on any atom is 0.326 e. The Morgan fingerprint density at radius 3 is 2.00 bits per heavy atom. The maximum absolute atomic E-state index is 14.6. The lowest BCUT2D eigenvalue weighted by Gasteiger charge is -2.40. The van der Waals surface area contributed by atoms with Crippen molar-refractivity contribution in [3.05, 3.63) is 112 Å². The molecule has 0 saturated heterocycles. The molecule has 3 rings (SSSR count). The number of primary amides is 1. The van der Waals surface area contributed by atoms with E-state index in [1.165, 1.54) is 12.1 Å². The first-order valence-electron chi connectivity index (χ1n) is 12.4. The Hall–Kier alpha value is -4.77. The molecule has 2 atom stereocenters. The first kappa shape index (κ1) is 28.8. The van der Waals surface area contributed by atoms with Crippen LogP contribution in [0.3, 0.4) is 0 Å². The number of rotatable bonds is 12. The fourth-order valence-corrected chi connectivity index (χ4v) is 4.73. The monoisotopic (exact) mass is 533 g/mol. The van der Waals surface area contributed by atoms with Crippen molar-refractivity contribution >= 4 is 17.8 Å². The van der Waals surface area contributed by atoms with E-state index in [1.807, 2.05) is 60.7 Å². The predicted molar refractivity (Wildman–Crippen MR) is 147 cm³/mol. The number of hydrogen-bond donors (Lipinski definition) is 4. The largest absolute Gasteiger partial charge is 0.508 e. The van der Waals surface area contributed by atoms with Crippen LogP contribution < -0.4 is 16.8 Å². The third-order valence-corrected chi connectivity index (χ3v) is 6.63. The van der Waals surface area contributed by atoms with Gasteiger partial charge in [0, 0.05) is 18.5 Å². The Balaban J connectivity index is 2.02. The summed E-state index contributed by atoms with van der Waals surface area (Å²) < 4.78 is -0.340. The number of benzene rings is 3. The van der Waals surface area contributed by atoms with Gasteiger partial charge in [-0.15, -0.1) is 0 Å². The summed E-state index contributed by atoms with van der Waals surface area (Å²) in [5, 5.41) is 25.0. The van der Waals surface area contributed by atoms with Crippen LogP contribution in [0, 0.1) is 10.1 Å². The Morgan fingerprint density at radius 2 is 1.51 bits per heavy atom. The van der Waals surface area contributed by atoms with Crippen LogP contribution in [-0.4, -0.2) is 52.0 Å². The van der Waals surface area contributed by atoms with Crippen LogP contribution in [0.25, 0.3) is 0 Å². The number of phenolic OH excluding ortho intramolecular Hbond substituents is 1. The number of nitro groups is 1. The molecule has 2 amide bonds. The molecule has 0 radical (unpaired) electrons. The van der Waals surface area contributed by atoms with Crippen molar-refractivity contribution in [3.63, 3.8) is 0 Å². The zero-order valence-electron chi connectivity index (χ0n) is 21.6. The number of carbonyl (C=O) groups excluding carboxylic acids is 2. The molecule has 0 aliphatic rings. The van der Waals surface area contributed by atoms with Crippen molar-refractivity contribution in [1.29, 1.82) is 0 Å². The molecule has 0 spiro atoms. The molecular formula is C28H33N6O5+. The van der Waals surface area contributed by atoms with Gasteiger partial charge in [0.25, 0.3) is 11.9 Å². The second-order valence-electron chi connectivity index (χ2n) is 9.40. The molecule has 3 aromatic carbocycles. The minimum atomic E-state index is -0.934. The topological polar surface area (TPSA) is 174 Å². The van der Waals surface area contributed by atoms with Crippen molar-refractivity contribution in [2.24, 2.45) is 16.6 Å². The zero-order valence-corrected chi connectivity index (χ0v) is 21.6. The van der Waals surface area contributed by atoms with Crippen LogP contribution in [0.4, 0.5) is 0 Å². The Labute approximate surface area is 226 Å². The van der Waals surface area contributed by atoms with Crippen LogP contribution in [0.15, 0.2) is 90.0 Å². The molecule has 3 aromatic rings. The van der Waals surface area contributed by atoms with Crippen molar-refractivity contribution in [2.75, 3.05) is 13.6 Å². The van der Waals surface area contributed by atoms with Gasteiger partial charge in [-0.2, -0.15) is 0 Å². The molecule has 11 nitrogen and oxygen atoms in total. The van der Waals surface area contributed by atoms with Crippen LogP contribution in [0.5, 0.6) is 5.75 Å². The van der Waals surface area contributed by atoms with Gasteiger partial charge in [0.05, 0.1) is 7.05 Å². The molecule has 6 N–H and O–H groups in total. The van der Waals surface area contributed by atoms with Gasteiger partial charge in [-0.1, -0.05) is 60.7 Å². The van der Waals surface area contributed by atoms with Crippen LogP contribution >= 0.6 is 0 Å². The van der Waals surface area contributed by atoms with Gasteiger partial charge in [-0.3, -0.25) is 4.79 Å². The van der Waals surface area contributed by atoms with E-state index in [0.29, 0.717) is 6.42 Å². The minimum Gasteiger partial charge on any atom is -0.508 e. The van der Waals surface area contributed by atoms with Crippen LogP contribution in [-0.2, 0) is 16.1 Å². The van der Waals surface area contributed by atoms with Gasteiger partial charge in [-0.25, -0.2) is 19.4 Å². The molecule has 0 saturated carbocycles. The van der Waals surface area contributed by atoms with Crippen molar-refractivity contribution in [1.82, 2.24) is 5.32 Å². The first-order valence-corrected chi connectivity index (χ1v) is 12.4. The first-order chi connectivity index (χ1) is 18.6. The number of carbonyl (C=O) groups is 2. The summed E-state index contributed by atoms with van der Waals surface area (Å²) >= 11 is 0. The number of amides is 2. The van der Waals surface area contributed by atoms with E-state index in [-0.39, 0.29) is 41.6 Å².